The van der Waals surface area contributed by atoms with Gasteiger partial charge in [-0.15, -0.1) is 24.8 Å². The van der Waals surface area contributed by atoms with Gasteiger partial charge >= 0.3 is 0 Å². The van der Waals surface area contributed by atoms with Crippen LogP contribution in [-0.4, -0.2) is 23.9 Å². The summed E-state index contributed by atoms with van der Waals surface area (Å²) in [6.07, 6.45) is 0. The second-order valence-electron chi connectivity index (χ2n) is 0. The Balaban J connectivity index is -0.00000000267. The zero-order valence-electron chi connectivity index (χ0n) is 4.73. The van der Waals surface area contributed by atoms with Crippen LogP contribution in [0.1, 0.15) is 13.8 Å². The van der Waals surface area contributed by atoms with E-state index in [0.717, 1.165) is 0 Å². The van der Waals surface area contributed by atoms with Crippen molar-refractivity contribution in [2.24, 2.45) is 0 Å². The van der Waals surface area contributed by atoms with Crippen LogP contribution in [0.2, 0.25) is 0 Å². The third-order valence-corrected chi connectivity index (χ3v) is 0. The van der Waals surface area contributed by atoms with Crippen LogP contribution in [0.4, 0.5) is 0 Å². The van der Waals surface area contributed by atoms with Crippen LogP contribution in [0.25, 0.3) is 0 Å². The van der Waals surface area contributed by atoms with Gasteiger partial charge in [0.2, 0.25) is 0 Å². The van der Waals surface area contributed by atoms with Crippen LogP contribution in [0.5, 0.6) is 0 Å². The molecule has 0 atom stereocenters. The summed E-state index contributed by atoms with van der Waals surface area (Å²) in [5, 5.41) is 0. The van der Waals surface area contributed by atoms with Crippen molar-refractivity contribution in [3.63, 3.8) is 0 Å². The van der Waals surface area contributed by atoms with E-state index in [1.54, 1.807) is 13.8 Å². The SMILES string of the molecule is Cl.Cl.[CH2]C.[CH2]C.[Sn]. The van der Waals surface area contributed by atoms with Gasteiger partial charge < -0.3 is 0 Å². The van der Waals surface area contributed by atoms with Gasteiger partial charge in [-0.1, -0.05) is 27.7 Å². The molecule has 0 saturated heterocycles. The predicted octanol–water partition coefficient (Wildman–Crippen LogP) is 2.14. The molecule has 7 heavy (non-hydrogen) atoms. The van der Waals surface area contributed by atoms with E-state index in [9.17, 15) is 0 Å². The first-order valence-electron chi connectivity index (χ1n) is 1.41. The van der Waals surface area contributed by atoms with Crippen molar-refractivity contribution in [3.05, 3.63) is 13.8 Å². The standard InChI is InChI=1S/2C2H5.2ClH.Sn/c2*1-2;;;/h2*1H2,2H3;2*1H;. The molecule has 0 bridgehead atoms. The molecule has 0 aromatic rings. The fourth-order valence-electron chi connectivity index (χ4n) is 0. The molecule has 0 nitrogen and oxygen atoms in total. The molecule has 0 N–H and O–H groups in total. The smallest absolute Gasteiger partial charge is 0 e. The Hall–Kier alpha value is 1.38. The summed E-state index contributed by atoms with van der Waals surface area (Å²) in [4.78, 5) is 0. The fraction of sp³-hybridized carbons (Fsp3) is 0.500. The van der Waals surface area contributed by atoms with E-state index in [4.69, 9.17) is 0 Å². The minimum Gasteiger partial charge on any atom is -0.147 e. The third kappa shape index (κ3) is 112. The van der Waals surface area contributed by atoms with Crippen molar-refractivity contribution in [3.8, 4) is 0 Å². The molecule has 0 spiro atoms. The molecule has 0 aliphatic rings. The zero-order valence-corrected chi connectivity index (χ0v) is 9.22. The Labute approximate surface area is 76.2 Å². The Morgan fingerprint density at radius 3 is 0.714 bits per heavy atom. The van der Waals surface area contributed by atoms with Crippen molar-refractivity contribution >= 4 is 48.7 Å². The Bertz CT molecular complexity index is 9.65. The van der Waals surface area contributed by atoms with Crippen molar-refractivity contribution < 1.29 is 0 Å². The molecule has 0 amide bonds. The third-order valence-electron chi connectivity index (χ3n) is 0. The number of halogens is 2. The van der Waals surface area contributed by atoms with Crippen molar-refractivity contribution in [2.75, 3.05) is 0 Å². The maximum absolute atomic E-state index is 3.25. The molecule has 0 aromatic carbocycles. The quantitative estimate of drug-likeness (QED) is 0.577. The Morgan fingerprint density at radius 2 is 0.714 bits per heavy atom. The van der Waals surface area contributed by atoms with Gasteiger partial charge in [0.15, 0.2) is 0 Å². The van der Waals surface area contributed by atoms with E-state index in [1.165, 1.54) is 0 Å². The van der Waals surface area contributed by atoms with Gasteiger partial charge in [0.25, 0.3) is 0 Å². The van der Waals surface area contributed by atoms with Crippen molar-refractivity contribution in [1.29, 1.82) is 0 Å². The van der Waals surface area contributed by atoms with E-state index in [0.29, 0.717) is 0 Å². The van der Waals surface area contributed by atoms with Gasteiger partial charge in [0.05, 0.1) is 0 Å². The van der Waals surface area contributed by atoms with Gasteiger partial charge in [-0.2, -0.15) is 0 Å². The fourth-order valence-corrected chi connectivity index (χ4v) is 0. The monoisotopic (exact) mass is 250 g/mol. The first kappa shape index (κ1) is 40.0. The molecule has 0 saturated carbocycles. The first-order chi connectivity index (χ1) is 2.00. The maximum Gasteiger partial charge on any atom is 0 e. The van der Waals surface area contributed by atoms with E-state index < -0.39 is 0 Å². The summed E-state index contributed by atoms with van der Waals surface area (Å²) in [6.45, 7) is 10.0. The maximum atomic E-state index is 3.25. The van der Waals surface area contributed by atoms with Gasteiger partial charge in [-0.25, -0.2) is 0 Å². The molecule has 0 unspecified atom stereocenters. The first-order valence-corrected chi connectivity index (χ1v) is 1.41. The molecular weight excluding hydrogens is 238 g/mol. The average molecular weight is 250 g/mol. The zero-order chi connectivity index (χ0) is 4.00. The minimum atomic E-state index is 0. The average Bonchev–Trinajstić information content (AvgIpc) is 1.50. The normalized spacial score (nSPS) is 1.71. The summed E-state index contributed by atoms with van der Waals surface area (Å²) in [5.41, 5.74) is 0. The van der Waals surface area contributed by atoms with Gasteiger partial charge in [0.1, 0.15) is 0 Å². The summed E-state index contributed by atoms with van der Waals surface area (Å²) in [5.74, 6) is 0. The van der Waals surface area contributed by atoms with Crippen LogP contribution in [-0.2, 0) is 0 Å². The van der Waals surface area contributed by atoms with Crippen molar-refractivity contribution in [1.82, 2.24) is 0 Å². The van der Waals surface area contributed by atoms with E-state index >= 15 is 0 Å². The molecule has 0 aliphatic carbocycles. The second-order valence-corrected chi connectivity index (χ2v) is 0. The number of rotatable bonds is 0. The molecule has 0 heterocycles. The Kier molecular flexibility index (Phi) is 902. The topological polar surface area (TPSA) is 0 Å². The van der Waals surface area contributed by atoms with Crippen LogP contribution in [0.3, 0.4) is 0 Å². The van der Waals surface area contributed by atoms with Crippen LogP contribution in [0.15, 0.2) is 0 Å². The molecule has 0 aromatic heterocycles. The van der Waals surface area contributed by atoms with E-state index in [-0.39, 0.29) is 48.7 Å². The van der Waals surface area contributed by atoms with Gasteiger partial charge in [-0.05, 0) is 0 Å². The molecule has 6 radical (unpaired) electrons. The van der Waals surface area contributed by atoms with Crippen LogP contribution in [0, 0.1) is 13.8 Å². The number of hydrogen-bond acceptors (Lipinski definition) is 0. The molecule has 0 fully saturated rings. The summed E-state index contributed by atoms with van der Waals surface area (Å²) >= 11 is 0. The molecule has 0 rings (SSSR count). The van der Waals surface area contributed by atoms with E-state index in [2.05, 4.69) is 13.8 Å². The van der Waals surface area contributed by atoms with Gasteiger partial charge in [-0.3, -0.25) is 0 Å². The molecule has 3 heteroatoms. The Morgan fingerprint density at radius 1 is 0.714 bits per heavy atom. The van der Waals surface area contributed by atoms with E-state index in [1.807, 2.05) is 0 Å². The summed E-state index contributed by atoms with van der Waals surface area (Å²) < 4.78 is 0. The second kappa shape index (κ2) is 158. The summed E-state index contributed by atoms with van der Waals surface area (Å²) in [7, 11) is 0. The van der Waals surface area contributed by atoms with Gasteiger partial charge in [0, 0.05) is 23.9 Å². The summed E-state index contributed by atoms with van der Waals surface area (Å²) in [6, 6.07) is 0. The van der Waals surface area contributed by atoms with Crippen molar-refractivity contribution in [2.45, 2.75) is 13.8 Å². The minimum absolute atomic E-state index is 0. The van der Waals surface area contributed by atoms with Crippen LogP contribution >= 0.6 is 24.8 Å². The molecule has 46 valence electrons. The van der Waals surface area contributed by atoms with Crippen LogP contribution < -0.4 is 0 Å². The molecule has 0 aliphatic heterocycles. The largest absolute Gasteiger partial charge is 0.147 e. The number of hydrogen-bond donors (Lipinski definition) is 0. The predicted molar refractivity (Wildman–Crippen MR) is 42.3 cm³/mol. The molecular formula is C4H12Cl2Sn.